The molecule has 0 fully saturated rings. The second-order valence-electron chi connectivity index (χ2n) is 10.1. The molecule has 0 amide bonds. The third kappa shape index (κ3) is 3.71. The maximum atomic E-state index is 5.19. The number of pyridine rings is 1. The van der Waals surface area contributed by atoms with E-state index in [1.807, 2.05) is 30.6 Å². The number of nitrogens with zero attached hydrogens (tertiary/aromatic N) is 3. The molecule has 0 spiro atoms. The molecule has 0 saturated heterocycles. The van der Waals surface area contributed by atoms with Gasteiger partial charge in [0.25, 0.3) is 0 Å². The second kappa shape index (κ2) is 9.11. The molecule has 0 radical (unpaired) electrons. The molecule has 0 aliphatic rings. The Morgan fingerprint density at radius 2 is 1.02 bits per heavy atom. The summed E-state index contributed by atoms with van der Waals surface area (Å²) in [5.41, 5.74) is 7.20. The molecule has 0 aliphatic heterocycles. The molecule has 40 heavy (non-hydrogen) atoms. The van der Waals surface area contributed by atoms with Crippen LogP contribution in [0.2, 0.25) is 0 Å². The van der Waals surface area contributed by atoms with E-state index in [0.29, 0.717) is 0 Å². The Morgan fingerprint density at radius 1 is 0.400 bits per heavy atom. The van der Waals surface area contributed by atoms with Gasteiger partial charge in [-0.1, -0.05) is 97.1 Å². The summed E-state index contributed by atoms with van der Waals surface area (Å²) in [6.45, 7) is 0. The first-order valence-electron chi connectivity index (χ1n) is 13.4. The van der Waals surface area contributed by atoms with Crippen molar-refractivity contribution in [2.24, 2.45) is 0 Å². The molecule has 0 unspecified atom stereocenters. The summed E-state index contributed by atoms with van der Waals surface area (Å²) < 4.78 is 0. The Bertz CT molecular complexity index is 2140. The van der Waals surface area contributed by atoms with E-state index in [-0.39, 0.29) is 0 Å². The lowest BCUT2D eigenvalue weighted by molar-refractivity contribution is 1.19. The molecule has 0 aliphatic carbocycles. The topological polar surface area (TPSA) is 38.7 Å². The van der Waals surface area contributed by atoms with E-state index in [1.165, 1.54) is 32.3 Å². The van der Waals surface area contributed by atoms with Crippen molar-refractivity contribution in [1.29, 1.82) is 0 Å². The van der Waals surface area contributed by atoms with E-state index in [4.69, 9.17) is 9.97 Å². The van der Waals surface area contributed by atoms with Gasteiger partial charge in [0, 0.05) is 29.1 Å². The van der Waals surface area contributed by atoms with Crippen LogP contribution in [0.15, 0.2) is 140 Å². The van der Waals surface area contributed by atoms with Crippen molar-refractivity contribution in [1.82, 2.24) is 15.0 Å². The van der Waals surface area contributed by atoms with Crippen molar-refractivity contribution < 1.29 is 0 Å². The predicted octanol–water partition coefficient (Wildman–Crippen LogP) is 9.44. The van der Waals surface area contributed by atoms with Gasteiger partial charge < -0.3 is 0 Å². The van der Waals surface area contributed by atoms with Crippen LogP contribution in [0.1, 0.15) is 0 Å². The van der Waals surface area contributed by atoms with Crippen LogP contribution in [0.5, 0.6) is 0 Å². The minimum absolute atomic E-state index is 0.726. The van der Waals surface area contributed by atoms with Crippen LogP contribution >= 0.6 is 0 Å². The van der Waals surface area contributed by atoms with Gasteiger partial charge >= 0.3 is 0 Å². The summed E-state index contributed by atoms with van der Waals surface area (Å²) >= 11 is 0. The zero-order valence-electron chi connectivity index (χ0n) is 21.6. The first-order chi connectivity index (χ1) is 19.8. The summed E-state index contributed by atoms with van der Waals surface area (Å²) in [7, 11) is 0. The lowest BCUT2D eigenvalue weighted by Gasteiger charge is -2.15. The van der Waals surface area contributed by atoms with Crippen molar-refractivity contribution in [2.45, 2.75) is 0 Å². The lowest BCUT2D eigenvalue weighted by atomic mass is 9.91. The van der Waals surface area contributed by atoms with E-state index in [9.17, 15) is 0 Å². The minimum Gasteiger partial charge on any atom is -0.265 e. The summed E-state index contributed by atoms with van der Waals surface area (Å²) in [5, 5.41) is 7.46. The standard InChI is InChI=1S/C37H23N3/c1-2-6-25(7-3-1)33-23-34(30-11-5-10-29(22-30)24-18-20-38-21-19-24)40-37(39-33)32-17-15-28-13-12-26-8-4-9-27-14-16-31(32)36(28)35(26)27/h1-23H. The molecule has 186 valence electrons. The van der Waals surface area contributed by atoms with Crippen LogP contribution in [0, 0.1) is 0 Å². The maximum Gasteiger partial charge on any atom is 0.161 e. The molecule has 8 aromatic rings. The molecule has 2 aromatic heterocycles. The Kier molecular flexibility index (Phi) is 5.14. The Hall–Kier alpha value is -5.41. The van der Waals surface area contributed by atoms with Crippen LogP contribution in [-0.2, 0) is 0 Å². The number of benzene rings is 6. The highest BCUT2D eigenvalue weighted by Gasteiger charge is 2.16. The molecule has 0 bridgehead atoms. The molecular weight excluding hydrogens is 486 g/mol. The van der Waals surface area contributed by atoms with Crippen LogP contribution in [-0.4, -0.2) is 15.0 Å². The lowest BCUT2D eigenvalue weighted by Crippen LogP contribution is -1.97. The summed E-state index contributed by atoms with van der Waals surface area (Å²) in [5.74, 6) is 0.726. The largest absolute Gasteiger partial charge is 0.265 e. The fourth-order valence-corrected chi connectivity index (χ4v) is 5.81. The fourth-order valence-electron chi connectivity index (χ4n) is 5.81. The highest BCUT2D eigenvalue weighted by atomic mass is 14.9. The number of hydrogen-bond acceptors (Lipinski definition) is 3. The van der Waals surface area contributed by atoms with E-state index < -0.39 is 0 Å². The molecule has 0 N–H and O–H groups in total. The molecule has 2 heterocycles. The van der Waals surface area contributed by atoms with E-state index in [2.05, 4.69) is 114 Å². The van der Waals surface area contributed by atoms with E-state index in [1.54, 1.807) is 0 Å². The molecule has 0 atom stereocenters. The molecule has 0 saturated carbocycles. The van der Waals surface area contributed by atoms with E-state index in [0.717, 1.165) is 45.0 Å². The van der Waals surface area contributed by atoms with Crippen molar-refractivity contribution in [3.05, 3.63) is 140 Å². The van der Waals surface area contributed by atoms with Gasteiger partial charge in [-0.3, -0.25) is 4.98 Å². The SMILES string of the molecule is c1ccc(-c2cc(-c3cccc(-c4ccncc4)c3)nc(-c3ccc4ccc5cccc6ccc3c4c56)n2)cc1. The first-order valence-corrected chi connectivity index (χ1v) is 13.4. The first kappa shape index (κ1) is 22.6. The third-order valence-electron chi connectivity index (χ3n) is 7.74. The molecule has 3 nitrogen and oxygen atoms in total. The quantitative estimate of drug-likeness (QED) is 0.222. The second-order valence-corrected chi connectivity index (χ2v) is 10.1. The van der Waals surface area contributed by atoms with Crippen LogP contribution in [0.3, 0.4) is 0 Å². The van der Waals surface area contributed by atoms with Crippen LogP contribution < -0.4 is 0 Å². The Balaban J connectivity index is 1.38. The van der Waals surface area contributed by atoms with Gasteiger partial charge in [0.15, 0.2) is 5.82 Å². The van der Waals surface area contributed by atoms with Gasteiger partial charge in [-0.15, -0.1) is 0 Å². The molecule has 8 rings (SSSR count). The van der Waals surface area contributed by atoms with Crippen molar-refractivity contribution in [2.75, 3.05) is 0 Å². The highest BCUT2D eigenvalue weighted by Crippen LogP contribution is 2.39. The summed E-state index contributed by atoms with van der Waals surface area (Å²) in [4.78, 5) is 14.5. The molecule has 3 heteroatoms. The minimum atomic E-state index is 0.726. The average molecular weight is 510 g/mol. The summed E-state index contributed by atoms with van der Waals surface area (Å²) in [6.07, 6.45) is 3.65. The van der Waals surface area contributed by atoms with Gasteiger partial charge in [-0.2, -0.15) is 0 Å². The van der Waals surface area contributed by atoms with Crippen LogP contribution in [0.4, 0.5) is 0 Å². The zero-order chi connectivity index (χ0) is 26.5. The third-order valence-corrected chi connectivity index (χ3v) is 7.74. The van der Waals surface area contributed by atoms with Gasteiger partial charge in [0.1, 0.15) is 0 Å². The molecule has 6 aromatic carbocycles. The van der Waals surface area contributed by atoms with Crippen molar-refractivity contribution in [3.8, 4) is 45.0 Å². The molecular formula is C37H23N3. The number of rotatable bonds is 4. The number of hydrogen-bond donors (Lipinski definition) is 0. The zero-order valence-corrected chi connectivity index (χ0v) is 21.6. The van der Waals surface area contributed by atoms with Gasteiger partial charge in [-0.05, 0) is 73.8 Å². The van der Waals surface area contributed by atoms with Crippen molar-refractivity contribution in [3.63, 3.8) is 0 Å². The normalized spacial score (nSPS) is 11.5. The van der Waals surface area contributed by atoms with Gasteiger partial charge in [0.2, 0.25) is 0 Å². The Labute approximate surface area is 231 Å². The van der Waals surface area contributed by atoms with Gasteiger partial charge in [0.05, 0.1) is 11.4 Å². The van der Waals surface area contributed by atoms with Gasteiger partial charge in [-0.25, -0.2) is 9.97 Å². The summed E-state index contributed by atoms with van der Waals surface area (Å²) in [6, 6.07) is 44.8. The smallest absolute Gasteiger partial charge is 0.161 e. The predicted molar refractivity (Wildman–Crippen MR) is 165 cm³/mol. The fraction of sp³-hybridized carbons (Fsp3) is 0. The highest BCUT2D eigenvalue weighted by molar-refractivity contribution is 6.25. The average Bonchev–Trinajstić information content (AvgIpc) is 3.04. The monoisotopic (exact) mass is 509 g/mol. The van der Waals surface area contributed by atoms with E-state index >= 15 is 0 Å². The Morgan fingerprint density at radius 3 is 1.82 bits per heavy atom. The van der Waals surface area contributed by atoms with Crippen molar-refractivity contribution >= 4 is 32.3 Å². The van der Waals surface area contributed by atoms with Crippen LogP contribution in [0.25, 0.3) is 77.3 Å². The number of aromatic nitrogens is 3. The maximum absolute atomic E-state index is 5.19.